The van der Waals surface area contributed by atoms with E-state index in [0.29, 0.717) is 0 Å². The van der Waals surface area contributed by atoms with Crippen LogP contribution in [0.15, 0.2) is 225 Å². The van der Waals surface area contributed by atoms with Crippen LogP contribution in [0, 0.1) is 0 Å². The van der Waals surface area contributed by atoms with Gasteiger partial charge in [0.15, 0.2) is 0 Å². The summed E-state index contributed by atoms with van der Waals surface area (Å²) in [5.41, 5.74) is 17.3. The minimum Gasteiger partial charge on any atom is -0.313 e. The van der Waals surface area contributed by atoms with Crippen molar-refractivity contribution in [2.45, 2.75) is 12.8 Å². The third kappa shape index (κ3) is 6.35. The molecule has 304 valence electrons. The second-order valence-corrected chi connectivity index (χ2v) is 17.3. The Morgan fingerprint density at radius 1 is 0.369 bits per heavy atom. The number of para-hydroxylation sites is 1. The highest BCUT2D eigenvalue weighted by atomic mass is 15.0. The Morgan fingerprint density at radius 3 is 1.54 bits per heavy atom. The van der Waals surface area contributed by atoms with Crippen LogP contribution in [-0.2, 0) is 0 Å². The fourth-order valence-corrected chi connectivity index (χ4v) is 10.2. The average molecular weight is 828 g/mol. The zero-order valence-electron chi connectivity index (χ0n) is 35.6. The van der Waals surface area contributed by atoms with Gasteiger partial charge in [0.2, 0.25) is 0 Å². The van der Waals surface area contributed by atoms with Crippen molar-refractivity contribution in [1.82, 2.24) is 14.5 Å². The molecule has 0 bridgehead atoms. The van der Waals surface area contributed by atoms with Crippen LogP contribution < -0.4 is 0 Å². The standard InChI is InChI=1S/C62H41N3/c1-2-13-51(14-3-1)65-59-20-9-8-17-54(59)57-38-49(33-34-60(57)65)43-27-23-41(24-28-43)40-21-25-42(26-22-40)45-29-30-48-36-46(31-32-47(48)35-45)44-11-10-12-50(37-44)58-39-63-61-55-18-6-4-15-52(55)53-16-5-7-19-56(53)62(61)64-58/h1-2,4-13,15-39H,3,14H2. The monoisotopic (exact) mass is 827 g/mol. The molecule has 0 N–H and O–H groups in total. The molecule has 0 radical (unpaired) electrons. The van der Waals surface area contributed by atoms with Crippen LogP contribution in [-0.4, -0.2) is 14.5 Å². The molecule has 0 saturated carbocycles. The molecule has 2 heterocycles. The molecule has 12 aromatic rings. The van der Waals surface area contributed by atoms with Crippen LogP contribution in [0.25, 0.3) is 127 Å². The fourth-order valence-electron chi connectivity index (χ4n) is 10.2. The number of hydrogen-bond donors (Lipinski definition) is 0. The topological polar surface area (TPSA) is 30.7 Å². The van der Waals surface area contributed by atoms with Crippen molar-refractivity contribution in [1.29, 1.82) is 0 Å². The van der Waals surface area contributed by atoms with Gasteiger partial charge in [-0.2, -0.15) is 0 Å². The number of allylic oxidation sites excluding steroid dienone is 4. The molecular formula is C62H41N3. The van der Waals surface area contributed by atoms with Crippen molar-refractivity contribution in [3.63, 3.8) is 0 Å². The molecule has 10 aromatic carbocycles. The van der Waals surface area contributed by atoms with Gasteiger partial charge in [0.05, 0.1) is 34.0 Å². The molecular weight excluding hydrogens is 787 g/mol. The Balaban J connectivity index is 0.751. The number of benzene rings is 10. The summed E-state index contributed by atoms with van der Waals surface area (Å²) in [6, 6.07) is 72.9. The van der Waals surface area contributed by atoms with Crippen molar-refractivity contribution in [3.8, 4) is 55.8 Å². The number of fused-ring (bicyclic) bond motifs is 10. The highest BCUT2D eigenvalue weighted by Gasteiger charge is 2.16. The predicted octanol–water partition coefficient (Wildman–Crippen LogP) is 16.7. The Labute approximate surface area is 376 Å². The molecule has 3 heteroatoms. The first-order valence-electron chi connectivity index (χ1n) is 22.5. The van der Waals surface area contributed by atoms with Gasteiger partial charge in [-0.15, -0.1) is 0 Å². The van der Waals surface area contributed by atoms with Crippen molar-refractivity contribution in [3.05, 3.63) is 225 Å². The van der Waals surface area contributed by atoms with E-state index in [-0.39, 0.29) is 0 Å². The maximum absolute atomic E-state index is 5.25. The third-order valence-electron chi connectivity index (χ3n) is 13.5. The van der Waals surface area contributed by atoms with Crippen LogP contribution in [0.1, 0.15) is 12.8 Å². The Morgan fingerprint density at radius 2 is 0.877 bits per heavy atom. The summed E-state index contributed by atoms with van der Waals surface area (Å²) in [5.74, 6) is 0. The van der Waals surface area contributed by atoms with Gasteiger partial charge in [-0.1, -0.05) is 176 Å². The fraction of sp³-hybridized carbons (Fsp3) is 0.0323. The minimum atomic E-state index is 0.868. The van der Waals surface area contributed by atoms with E-state index < -0.39 is 0 Å². The van der Waals surface area contributed by atoms with Gasteiger partial charge in [0.25, 0.3) is 0 Å². The van der Waals surface area contributed by atoms with E-state index in [9.17, 15) is 0 Å². The molecule has 0 saturated heterocycles. The minimum absolute atomic E-state index is 0.868. The number of aromatic nitrogens is 3. The summed E-state index contributed by atoms with van der Waals surface area (Å²) in [7, 11) is 0. The van der Waals surface area contributed by atoms with E-state index in [4.69, 9.17) is 9.97 Å². The highest BCUT2D eigenvalue weighted by molar-refractivity contribution is 6.23. The van der Waals surface area contributed by atoms with E-state index in [1.54, 1.807) is 0 Å². The summed E-state index contributed by atoms with van der Waals surface area (Å²) in [5, 5.41) is 9.67. The molecule has 0 spiro atoms. The Bertz CT molecular complexity index is 3890. The normalized spacial score (nSPS) is 12.8. The summed E-state index contributed by atoms with van der Waals surface area (Å²) >= 11 is 0. The molecule has 0 fully saturated rings. The zero-order chi connectivity index (χ0) is 42.8. The third-order valence-corrected chi connectivity index (χ3v) is 13.5. The Hall–Kier alpha value is -8.40. The zero-order valence-corrected chi connectivity index (χ0v) is 35.6. The molecule has 0 amide bonds. The first-order chi connectivity index (χ1) is 32.2. The lowest BCUT2D eigenvalue weighted by Gasteiger charge is -2.14. The molecule has 2 aromatic heterocycles. The van der Waals surface area contributed by atoms with Crippen LogP contribution in [0.4, 0.5) is 0 Å². The van der Waals surface area contributed by atoms with Crippen LogP contribution >= 0.6 is 0 Å². The van der Waals surface area contributed by atoms with Crippen LogP contribution in [0.5, 0.6) is 0 Å². The molecule has 1 aliphatic rings. The molecule has 65 heavy (non-hydrogen) atoms. The molecule has 0 aliphatic heterocycles. The van der Waals surface area contributed by atoms with Crippen molar-refractivity contribution in [2.75, 3.05) is 0 Å². The molecule has 13 rings (SSSR count). The van der Waals surface area contributed by atoms with E-state index in [1.807, 2.05) is 6.20 Å². The first-order valence-corrected chi connectivity index (χ1v) is 22.5. The lowest BCUT2D eigenvalue weighted by Crippen LogP contribution is -1.98. The summed E-state index contributed by atoms with van der Waals surface area (Å²) in [6.45, 7) is 0. The summed E-state index contributed by atoms with van der Waals surface area (Å²) < 4.78 is 2.45. The smallest absolute Gasteiger partial charge is 0.0979 e. The summed E-state index contributed by atoms with van der Waals surface area (Å²) in [6.07, 6.45) is 10.8. The van der Waals surface area contributed by atoms with E-state index >= 15 is 0 Å². The highest BCUT2D eigenvalue weighted by Crippen LogP contribution is 2.39. The van der Waals surface area contributed by atoms with Crippen molar-refractivity contribution in [2.24, 2.45) is 0 Å². The van der Waals surface area contributed by atoms with E-state index in [0.717, 1.165) is 51.5 Å². The predicted molar refractivity (Wildman–Crippen MR) is 275 cm³/mol. The lowest BCUT2D eigenvalue weighted by molar-refractivity contribution is 0.979. The summed E-state index contributed by atoms with van der Waals surface area (Å²) in [4.78, 5) is 10.3. The lowest BCUT2D eigenvalue weighted by atomic mass is 9.95. The second kappa shape index (κ2) is 15.1. The second-order valence-electron chi connectivity index (χ2n) is 17.3. The quantitative estimate of drug-likeness (QED) is 0.156. The number of rotatable bonds is 6. The van der Waals surface area contributed by atoms with Gasteiger partial charge in [0.1, 0.15) is 0 Å². The number of nitrogens with zero attached hydrogens (tertiary/aromatic N) is 3. The van der Waals surface area contributed by atoms with E-state index in [2.05, 4.69) is 223 Å². The SMILES string of the molecule is C1=CCCC(n2c3ccccc3c3cc(-c4ccc(-c5ccc(-c6ccc7cc(-c8cccc(-c9cnc%10c%11ccccc%11c%11ccccc%11c%10n9)c8)ccc7c6)cc5)cc4)ccc32)=C1. The van der Waals surface area contributed by atoms with Crippen molar-refractivity contribution >= 4 is 70.9 Å². The van der Waals surface area contributed by atoms with Gasteiger partial charge in [-0.05, 0) is 121 Å². The van der Waals surface area contributed by atoms with Gasteiger partial charge in [-0.3, -0.25) is 4.98 Å². The van der Waals surface area contributed by atoms with Crippen LogP contribution in [0.3, 0.4) is 0 Å². The maximum Gasteiger partial charge on any atom is 0.0979 e. The Kier molecular flexibility index (Phi) is 8.67. The molecule has 0 unspecified atom stereocenters. The van der Waals surface area contributed by atoms with Gasteiger partial charge >= 0.3 is 0 Å². The van der Waals surface area contributed by atoms with Gasteiger partial charge in [0, 0.05) is 32.8 Å². The first kappa shape index (κ1) is 37.2. The average Bonchev–Trinajstić information content (AvgIpc) is 3.72. The van der Waals surface area contributed by atoms with Gasteiger partial charge in [-0.25, -0.2) is 4.98 Å². The van der Waals surface area contributed by atoms with Crippen LogP contribution in [0.2, 0.25) is 0 Å². The van der Waals surface area contributed by atoms with Gasteiger partial charge < -0.3 is 4.57 Å². The largest absolute Gasteiger partial charge is 0.313 e. The molecule has 1 aliphatic carbocycles. The molecule has 3 nitrogen and oxygen atoms in total. The maximum atomic E-state index is 5.25. The van der Waals surface area contributed by atoms with E-state index in [1.165, 1.54) is 88.0 Å². The molecule has 0 atom stereocenters. The number of hydrogen-bond acceptors (Lipinski definition) is 2. The van der Waals surface area contributed by atoms with Crippen molar-refractivity contribution < 1.29 is 0 Å².